The smallest absolute Gasteiger partial charge is 0.0863 e. The lowest BCUT2D eigenvalue weighted by Crippen LogP contribution is -2.45. The molecule has 2 atom stereocenters. The van der Waals surface area contributed by atoms with Gasteiger partial charge < -0.3 is 10.4 Å². The van der Waals surface area contributed by atoms with Gasteiger partial charge >= 0.3 is 0 Å². The highest BCUT2D eigenvalue weighted by Gasteiger charge is 2.36. The van der Waals surface area contributed by atoms with Crippen LogP contribution in [0.2, 0.25) is 5.02 Å². The lowest BCUT2D eigenvalue weighted by atomic mass is 9.87. The second kappa shape index (κ2) is 5.12. The predicted molar refractivity (Wildman–Crippen MR) is 83.3 cm³/mol. The number of anilines is 1. The van der Waals surface area contributed by atoms with Gasteiger partial charge in [-0.2, -0.15) is 0 Å². The van der Waals surface area contributed by atoms with Crippen LogP contribution in [0.1, 0.15) is 18.1 Å². The number of benzene rings is 2. The molecule has 0 bridgehead atoms. The van der Waals surface area contributed by atoms with E-state index in [1.807, 2.05) is 43.3 Å². The molecule has 1 heterocycles. The molecule has 2 unspecified atom stereocenters. The highest BCUT2D eigenvalue weighted by molar-refractivity contribution is 6.30. The van der Waals surface area contributed by atoms with Gasteiger partial charge in [0.1, 0.15) is 0 Å². The minimum absolute atomic E-state index is 0.0376. The van der Waals surface area contributed by atoms with Crippen molar-refractivity contribution in [2.75, 3.05) is 5.32 Å². The van der Waals surface area contributed by atoms with Crippen molar-refractivity contribution in [2.24, 2.45) is 0 Å². The molecule has 3 rings (SSSR count). The number of hydrogen-bond donors (Lipinski definition) is 2. The number of para-hydroxylation sites is 1. The number of halogens is 1. The third-order valence-corrected chi connectivity index (χ3v) is 4.25. The lowest BCUT2D eigenvalue weighted by molar-refractivity contribution is 0.0420. The first-order chi connectivity index (χ1) is 9.54. The molecule has 0 saturated heterocycles. The van der Waals surface area contributed by atoms with E-state index in [1.165, 1.54) is 5.56 Å². The molecule has 2 aromatic carbocycles. The number of fused-ring (bicyclic) bond motifs is 1. The predicted octanol–water partition coefficient (Wildman–Crippen LogP) is 3.67. The van der Waals surface area contributed by atoms with E-state index in [2.05, 4.69) is 17.4 Å². The third kappa shape index (κ3) is 2.67. The Kier molecular flexibility index (Phi) is 3.45. The maximum Gasteiger partial charge on any atom is 0.0863 e. The molecular weight excluding hydrogens is 270 g/mol. The summed E-state index contributed by atoms with van der Waals surface area (Å²) in [4.78, 5) is 0. The van der Waals surface area contributed by atoms with Gasteiger partial charge in [0.05, 0.1) is 11.6 Å². The Labute approximate surface area is 124 Å². The summed E-state index contributed by atoms with van der Waals surface area (Å²) < 4.78 is 0. The Balaban J connectivity index is 1.75. The summed E-state index contributed by atoms with van der Waals surface area (Å²) in [6, 6.07) is 15.9. The zero-order chi connectivity index (χ0) is 14.2. The molecule has 0 amide bonds. The van der Waals surface area contributed by atoms with Crippen LogP contribution < -0.4 is 5.32 Å². The van der Waals surface area contributed by atoms with Crippen molar-refractivity contribution in [3.63, 3.8) is 0 Å². The van der Waals surface area contributed by atoms with Gasteiger partial charge in [0, 0.05) is 17.1 Å². The van der Waals surface area contributed by atoms with Gasteiger partial charge in [0.15, 0.2) is 0 Å². The van der Waals surface area contributed by atoms with E-state index >= 15 is 0 Å². The summed E-state index contributed by atoms with van der Waals surface area (Å²) in [6.07, 6.45) is 1.46. The van der Waals surface area contributed by atoms with Crippen molar-refractivity contribution < 1.29 is 5.11 Å². The summed E-state index contributed by atoms with van der Waals surface area (Å²) in [6.45, 7) is 1.89. The molecule has 2 aromatic rings. The van der Waals surface area contributed by atoms with Crippen LogP contribution in [0.15, 0.2) is 48.5 Å². The van der Waals surface area contributed by atoms with Crippen molar-refractivity contribution in [2.45, 2.75) is 31.4 Å². The number of nitrogens with one attached hydrogen (secondary N) is 1. The first-order valence-corrected chi connectivity index (χ1v) is 7.24. The van der Waals surface area contributed by atoms with Crippen LogP contribution in [-0.4, -0.2) is 16.7 Å². The van der Waals surface area contributed by atoms with Crippen LogP contribution in [0.5, 0.6) is 0 Å². The lowest BCUT2D eigenvalue weighted by Gasteiger charge is -2.30. The highest BCUT2D eigenvalue weighted by Crippen LogP contribution is 2.32. The number of aliphatic hydroxyl groups is 1. The van der Waals surface area contributed by atoms with Crippen LogP contribution in [0.4, 0.5) is 5.69 Å². The van der Waals surface area contributed by atoms with Crippen molar-refractivity contribution >= 4 is 17.3 Å². The number of hydrogen-bond acceptors (Lipinski definition) is 2. The Morgan fingerprint density at radius 1 is 1.20 bits per heavy atom. The SMILES string of the molecule is CC(O)(Cc1ccc(Cl)cc1)C1Cc2ccccc2N1. The number of rotatable bonds is 3. The van der Waals surface area contributed by atoms with Crippen molar-refractivity contribution in [3.05, 3.63) is 64.7 Å². The first-order valence-electron chi connectivity index (χ1n) is 6.86. The fourth-order valence-electron chi connectivity index (χ4n) is 2.81. The molecule has 1 aliphatic heterocycles. The molecular formula is C17H18ClNO. The average Bonchev–Trinajstić information content (AvgIpc) is 2.86. The topological polar surface area (TPSA) is 32.3 Å². The van der Waals surface area contributed by atoms with Crippen molar-refractivity contribution in [1.82, 2.24) is 0 Å². The van der Waals surface area contributed by atoms with E-state index in [9.17, 15) is 5.11 Å². The molecule has 0 fully saturated rings. The van der Waals surface area contributed by atoms with Crippen LogP contribution in [0.3, 0.4) is 0 Å². The quantitative estimate of drug-likeness (QED) is 0.903. The standard InChI is InChI=1S/C17H18ClNO/c1-17(20,11-12-6-8-14(18)9-7-12)16-10-13-4-2-3-5-15(13)19-16/h2-9,16,19-20H,10-11H2,1H3. The van der Waals surface area contributed by atoms with Crippen LogP contribution in [-0.2, 0) is 12.8 Å². The third-order valence-electron chi connectivity index (χ3n) is 4.00. The molecule has 2 nitrogen and oxygen atoms in total. The van der Waals surface area contributed by atoms with Crippen LogP contribution >= 0.6 is 11.6 Å². The molecule has 2 N–H and O–H groups in total. The molecule has 20 heavy (non-hydrogen) atoms. The van der Waals surface area contributed by atoms with Gasteiger partial charge in [-0.25, -0.2) is 0 Å². The average molecular weight is 288 g/mol. The Hall–Kier alpha value is -1.51. The van der Waals surface area contributed by atoms with Gasteiger partial charge in [-0.15, -0.1) is 0 Å². The molecule has 0 saturated carbocycles. The fourth-order valence-corrected chi connectivity index (χ4v) is 2.94. The molecule has 1 aliphatic rings. The van der Waals surface area contributed by atoms with E-state index in [4.69, 9.17) is 11.6 Å². The molecule has 104 valence electrons. The maximum atomic E-state index is 10.8. The second-order valence-electron chi connectivity index (χ2n) is 5.72. The van der Waals surface area contributed by atoms with E-state index in [1.54, 1.807) is 0 Å². The zero-order valence-corrected chi connectivity index (χ0v) is 12.2. The van der Waals surface area contributed by atoms with Crippen LogP contribution in [0, 0.1) is 0 Å². The zero-order valence-electron chi connectivity index (χ0n) is 11.4. The van der Waals surface area contributed by atoms with Crippen LogP contribution in [0.25, 0.3) is 0 Å². The summed E-state index contributed by atoms with van der Waals surface area (Å²) in [5.74, 6) is 0. The summed E-state index contributed by atoms with van der Waals surface area (Å²) in [7, 11) is 0. The van der Waals surface area contributed by atoms with Crippen molar-refractivity contribution in [3.8, 4) is 0 Å². The van der Waals surface area contributed by atoms with Crippen molar-refractivity contribution in [1.29, 1.82) is 0 Å². The Morgan fingerprint density at radius 3 is 2.60 bits per heavy atom. The van der Waals surface area contributed by atoms with E-state index in [-0.39, 0.29) is 6.04 Å². The molecule has 3 heteroatoms. The minimum Gasteiger partial charge on any atom is -0.388 e. The molecule has 0 aromatic heterocycles. The maximum absolute atomic E-state index is 10.8. The summed E-state index contributed by atoms with van der Waals surface area (Å²) in [5.41, 5.74) is 2.70. The first kappa shape index (κ1) is 13.5. The van der Waals surface area contributed by atoms with Gasteiger partial charge in [-0.3, -0.25) is 0 Å². The summed E-state index contributed by atoms with van der Waals surface area (Å²) in [5, 5.41) is 15.0. The fraction of sp³-hybridized carbons (Fsp3) is 0.294. The minimum atomic E-state index is -0.799. The van der Waals surface area contributed by atoms with Gasteiger partial charge in [0.25, 0.3) is 0 Å². The highest BCUT2D eigenvalue weighted by atomic mass is 35.5. The molecule has 0 aliphatic carbocycles. The second-order valence-corrected chi connectivity index (χ2v) is 6.16. The molecule has 0 spiro atoms. The van der Waals surface area contributed by atoms with Gasteiger partial charge in [-0.1, -0.05) is 41.9 Å². The van der Waals surface area contributed by atoms with E-state index in [0.717, 1.165) is 22.7 Å². The van der Waals surface area contributed by atoms with E-state index < -0.39 is 5.60 Å². The monoisotopic (exact) mass is 287 g/mol. The van der Waals surface area contributed by atoms with E-state index in [0.29, 0.717) is 6.42 Å². The largest absolute Gasteiger partial charge is 0.388 e. The Bertz CT molecular complexity index is 582. The van der Waals surface area contributed by atoms with Gasteiger partial charge in [0.2, 0.25) is 0 Å². The Morgan fingerprint density at radius 2 is 1.90 bits per heavy atom. The normalized spacial score (nSPS) is 20.1. The van der Waals surface area contributed by atoms with Gasteiger partial charge in [-0.05, 0) is 42.7 Å². The molecule has 0 radical (unpaired) electrons. The summed E-state index contributed by atoms with van der Waals surface area (Å²) >= 11 is 5.90.